The minimum Gasteiger partial charge on any atom is -1.00 e. The molecule has 2 aromatic carbocycles. The monoisotopic (exact) mass is 564 g/mol. The summed E-state index contributed by atoms with van der Waals surface area (Å²) in [7, 11) is 0. The first-order valence-corrected chi connectivity index (χ1v) is 14.2. The summed E-state index contributed by atoms with van der Waals surface area (Å²) in [5, 5.41) is 2.65. The van der Waals surface area contributed by atoms with E-state index in [0.717, 1.165) is 31.9 Å². The van der Waals surface area contributed by atoms with Crippen molar-refractivity contribution in [3.8, 4) is 5.75 Å². The third-order valence-corrected chi connectivity index (χ3v) is 7.28. The molecule has 0 atom stereocenters. The average Bonchev–Trinajstić information content (AvgIpc) is 3.18. The van der Waals surface area contributed by atoms with E-state index in [1.54, 1.807) is 0 Å². The Hall–Kier alpha value is -2.33. The van der Waals surface area contributed by atoms with Gasteiger partial charge in [0.05, 0.1) is 12.1 Å². The van der Waals surface area contributed by atoms with E-state index in [1.165, 1.54) is 78.0 Å². The number of nitrogens with zero attached hydrogens (tertiary/aromatic N) is 2. The number of benzene rings is 2. The second-order valence-electron chi connectivity index (χ2n) is 10.8. The van der Waals surface area contributed by atoms with Gasteiger partial charge in [-0.2, -0.15) is 4.57 Å². The van der Waals surface area contributed by atoms with Crippen molar-refractivity contribution < 1.29 is 26.3 Å². The van der Waals surface area contributed by atoms with Gasteiger partial charge in [0.1, 0.15) is 11.3 Å². The zero-order valence-electron chi connectivity index (χ0n) is 23.3. The fraction of sp³-hybridized carbons (Fsp3) is 0.485. The third kappa shape index (κ3) is 7.60. The van der Waals surface area contributed by atoms with E-state index in [-0.39, 0.29) is 17.0 Å². The molecule has 0 aliphatic carbocycles. The third-order valence-electron chi connectivity index (χ3n) is 7.28. The molecule has 4 heteroatoms. The molecule has 200 valence electrons. The van der Waals surface area contributed by atoms with E-state index in [0.29, 0.717) is 5.92 Å². The molecule has 2 aromatic heterocycles. The highest BCUT2D eigenvalue weighted by Gasteiger charge is 2.20. The quantitative estimate of drug-likeness (QED) is 0.143. The lowest BCUT2D eigenvalue weighted by Crippen LogP contribution is -3.00. The minimum absolute atomic E-state index is 0. The van der Waals surface area contributed by atoms with Crippen LogP contribution in [0.4, 0.5) is 0 Å². The van der Waals surface area contributed by atoms with Crippen LogP contribution >= 0.6 is 0 Å². The lowest BCUT2D eigenvalue weighted by atomic mass is 10.1. The Balaban J connectivity index is 0.00000380. The van der Waals surface area contributed by atoms with E-state index >= 15 is 0 Å². The van der Waals surface area contributed by atoms with Crippen LogP contribution in [0, 0.1) is 12.8 Å². The maximum atomic E-state index is 6.23. The molecule has 0 fully saturated rings. The van der Waals surface area contributed by atoms with Gasteiger partial charge in [0.25, 0.3) is 0 Å². The molecule has 0 aliphatic rings. The summed E-state index contributed by atoms with van der Waals surface area (Å²) in [4.78, 5) is 0. The van der Waals surface area contributed by atoms with Gasteiger partial charge in [-0.05, 0) is 24.5 Å². The number of hydrogen-bond donors (Lipinski definition) is 0. The number of rotatable bonds is 14. The highest BCUT2D eigenvalue weighted by atomic mass is 79.9. The molecule has 4 rings (SSSR count). The number of halogens is 1. The van der Waals surface area contributed by atoms with E-state index in [2.05, 4.69) is 97.6 Å². The maximum Gasteiger partial charge on any atom is 0.203 e. The lowest BCUT2D eigenvalue weighted by Gasteiger charge is -2.12. The minimum atomic E-state index is 0. The molecule has 0 spiro atoms. The number of fused-ring (bicyclic) bond motifs is 3. The zero-order valence-corrected chi connectivity index (χ0v) is 24.9. The molecule has 3 nitrogen and oxygen atoms in total. The number of aryl methyl sites for hydroxylation is 1. The SMILES string of the molecule is CCCCCCCCCCOc1ccc2c3cc[n+](Cc4ccccc4)c(C)c3n(CC(C)C)c2c1.[Br-]. The summed E-state index contributed by atoms with van der Waals surface area (Å²) >= 11 is 0. The molecule has 37 heavy (non-hydrogen) atoms. The van der Waals surface area contributed by atoms with Crippen molar-refractivity contribution >= 4 is 21.8 Å². The van der Waals surface area contributed by atoms with Crippen LogP contribution in [0.1, 0.15) is 83.4 Å². The van der Waals surface area contributed by atoms with Gasteiger partial charge < -0.3 is 26.3 Å². The molecule has 0 saturated heterocycles. The smallest absolute Gasteiger partial charge is 0.203 e. The van der Waals surface area contributed by atoms with E-state index in [1.807, 2.05) is 0 Å². The largest absolute Gasteiger partial charge is 1.00 e. The van der Waals surface area contributed by atoms with Crippen molar-refractivity contribution in [1.29, 1.82) is 0 Å². The van der Waals surface area contributed by atoms with Crippen LogP contribution in [-0.2, 0) is 13.1 Å². The maximum absolute atomic E-state index is 6.23. The standard InChI is InChI=1S/C33H45N2O.BrH/c1-5-6-7-8-9-10-11-15-22-36-29-18-19-30-31-20-21-34(25-28-16-13-12-14-17-28)27(4)33(31)35(24-26(2)3)32(30)23-29;/h12-14,16-21,23,26H,5-11,15,22,24-25H2,1-4H3;1H/q+1;/p-1. The first-order valence-electron chi connectivity index (χ1n) is 14.2. The topological polar surface area (TPSA) is 18.0 Å². The van der Waals surface area contributed by atoms with Crippen molar-refractivity contribution in [3.05, 3.63) is 72.1 Å². The Kier molecular flexibility index (Phi) is 11.5. The van der Waals surface area contributed by atoms with Gasteiger partial charge in [0.15, 0.2) is 12.7 Å². The number of aromatic nitrogens is 2. The summed E-state index contributed by atoms with van der Waals surface area (Å²) in [6, 6.07) is 19.7. The molecule has 0 aliphatic heterocycles. The summed E-state index contributed by atoms with van der Waals surface area (Å²) < 4.78 is 11.1. The summed E-state index contributed by atoms with van der Waals surface area (Å²) in [6.45, 7) is 11.8. The first kappa shape index (κ1) is 29.2. The van der Waals surface area contributed by atoms with Crippen LogP contribution < -0.4 is 26.3 Å². The van der Waals surface area contributed by atoms with Gasteiger partial charge in [-0.25, -0.2) is 0 Å². The summed E-state index contributed by atoms with van der Waals surface area (Å²) in [5.74, 6) is 1.56. The predicted molar refractivity (Wildman–Crippen MR) is 153 cm³/mol. The molecule has 0 radical (unpaired) electrons. The second kappa shape index (κ2) is 14.6. The Morgan fingerprint density at radius 2 is 1.54 bits per heavy atom. The number of pyridine rings is 1. The Labute approximate surface area is 234 Å². The highest BCUT2D eigenvalue weighted by molar-refractivity contribution is 6.08. The van der Waals surface area contributed by atoms with Gasteiger partial charge >= 0.3 is 0 Å². The summed E-state index contributed by atoms with van der Waals surface area (Å²) in [5.41, 5.74) is 5.27. The van der Waals surface area contributed by atoms with Crippen molar-refractivity contribution in [2.24, 2.45) is 5.92 Å². The van der Waals surface area contributed by atoms with Gasteiger partial charge in [-0.3, -0.25) is 0 Å². The van der Waals surface area contributed by atoms with Crippen LogP contribution in [0.15, 0.2) is 60.8 Å². The molecule has 0 saturated carbocycles. The molecule has 0 unspecified atom stereocenters. The van der Waals surface area contributed by atoms with Gasteiger partial charge in [-0.1, -0.05) is 96.0 Å². The Morgan fingerprint density at radius 3 is 2.24 bits per heavy atom. The second-order valence-corrected chi connectivity index (χ2v) is 10.8. The molecule has 0 N–H and O–H groups in total. The predicted octanol–water partition coefficient (Wildman–Crippen LogP) is 5.62. The van der Waals surface area contributed by atoms with Gasteiger partial charge in [-0.15, -0.1) is 0 Å². The number of ether oxygens (including phenoxy) is 1. The first-order chi connectivity index (χ1) is 17.6. The normalized spacial score (nSPS) is 11.4. The number of hydrogen-bond acceptors (Lipinski definition) is 1. The van der Waals surface area contributed by atoms with Crippen LogP contribution in [0.25, 0.3) is 21.8 Å². The van der Waals surface area contributed by atoms with Crippen molar-refractivity contribution in [2.45, 2.75) is 92.2 Å². The molecular formula is C33H45BrN2O. The van der Waals surface area contributed by atoms with Gasteiger partial charge in [0.2, 0.25) is 5.69 Å². The van der Waals surface area contributed by atoms with Crippen molar-refractivity contribution in [3.63, 3.8) is 0 Å². The molecule has 0 bridgehead atoms. The van der Waals surface area contributed by atoms with Crippen LogP contribution in [-0.4, -0.2) is 11.2 Å². The Morgan fingerprint density at radius 1 is 0.838 bits per heavy atom. The van der Waals surface area contributed by atoms with Crippen molar-refractivity contribution in [2.75, 3.05) is 6.61 Å². The van der Waals surface area contributed by atoms with E-state index in [4.69, 9.17) is 4.74 Å². The fourth-order valence-electron chi connectivity index (χ4n) is 5.35. The van der Waals surface area contributed by atoms with E-state index in [9.17, 15) is 0 Å². The van der Waals surface area contributed by atoms with Crippen molar-refractivity contribution in [1.82, 2.24) is 4.57 Å². The van der Waals surface area contributed by atoms with Gasteiger partial charge in [0, 0.05) is 41.9 Å². The average molecular weight is 566 g/mol. The fourth-order valence-corrected chi connectivity index (χ4v) is 5.35. The molecule has 2 heterocycles. The van der Waals surface area contributed by atoms with Crippen LogP contribution in [0.2, 0.25) is 0 Å². The summed E-state index contributed by atoms with van der Waals surface area (Å²) in [6.07, 6.45) is 12.8. The lowest BCUT2D eigenvalue weighted by molar-refractivity contribution is -0.693. The number of unbranched alkanes of at least 4 members (excludes halogenated alkanes) is 7. The Bertz CT molecular complexity index is 1250. The molecule has 4 aromatic rings. The van der Waals surface area contributed by atoms with Crippen LogP contribution in [0.5, 0.6) is 5.75 Å². The highest BCUT2D eigenvalue weighted by Crippen LogP contribution is 2.33. The zero-order chi connectivity index (χ0) is 25.3. The molecule has 0 amide bonds. The van der Waals surface area contributed by atoms with E-state index < -0.39 is 0 Å². The van der Waals surface area contributed by atoms with Crippen LogP contribution in [0.3, 0.4) is 0 Å². The molecular weight excluding hydrogens is 520 g/mol.